The summed E-state index contributed by atoms with van der Waals surface area (Å²) in [6.45, 7) is 0. The molecule has 0 bridgehead atoms. The molecule has 0 aromatic heterocycles. The third kappa shape index (κ3) is 1.18. The monoisotopic (exact) mass is 171 g/mol. The number of phenolic OH excluding ortho intramolecular Hbond substituents is 1. The van der Waals surface area contributed by atoms with Crippen LogP contribution in [-0.2, 0) is 0 Å². The van der Waals surface area contributed by atoms with Gasteiger partial charge in [-0.15, -0.1) is 0 Å². The first-order valence-electron chi connectivity index (χ1n) is 3.88. The molecule has 62 valence electrons. The third-order valence-electron chi connectivity index (χ3n) is 1.96. The Kier molecular flexibility index (Phi) is 1.60. The van der Waals surface area contributed by atoms with Crippen LogP contribution in [0.1, 0.15) is 0 Å². The van der Waals surface area contributed by atoms with Gasteiger partial charge in [-0.25, -0.2) is 0 Å². The van der Waals surface area contributed by atoms with Gasteiger partial charge in [0.25, 0.3) is 0 Å². The molecule has 0 heterocycles. The molecular weight excluding hydrogens is 164 g/mol. The number of aromatic hydroxyl groups is 1. The molecule has 0 fully saturated rings. The van der Waals surface area contributed by atoms with E-state index in [1.165, 1.54) is 0 Å². The Morgan fingerprint density at radius 2 is 2.00 bits per heavy atom. The highest BCUT2D eigenvalue weighted by molar-refractivity contribution is 5.90. The number of phenols is 1. The minimum absolute atomic E-state index is 0.238. The maximum atomic E-state index is 9.44. The smallest absolute Gasteiger partial charge is 0.385 e. The van der Waals surface area contributed by atoms with E-state index in [4.69, 9.17) is 5.39 Å². The number of diazo groups is 1. The summed E-state index contributed by atoms with van der Waals surface area (Å²) in [6, 6.07) is 10.3. The Hall–Kier alpha value is -2.08. The SMILES string of the molecule is N#[N+]c1ccc2c(O)cccc2c1. The molecule has 2 rings (SSSR count). The van der Waals surface area contributed by atoms with Crippen molar-refractivity contribution < 1.29 is 5.11 Å². The molecule has 1 N–H and O–H groups in total. The van der Waals surface area contributed by atoms with Gasteiger partial charge in [0.15, 0.2) is 4.98 Å². The zero-order valence-electron chi connectivity index (χ0n) is 6.81. The van der Waals surface area contributed by atoms with Crippen LogP contribution >= 0.6 is 0 Å². The lowest BCUT2D eigenvalue weighted by Gasteiger charge is -1.96. The van der Waals surface area contributed by atoms with Crippen molar-refractivity contribution in [1.29, 1.82) is 5.39 Å². The highest BCUT2D eigenvalue weighted by atomic mass is 16.3. The Morgan fingerprint density at radius 3 is 2.77 bits per heavy atom. The minimum Gasteiger partial charge on any atom is -0.507 e. The number of hydrogen-bond acceptors (Lipinski definition) is 2. The summed E-state index contributed by atoms with van der Waals surface area (Å²) < 4.78 is 0. The summed E-state index contributed by atoms with van der Waals surface area (Å²) in [4.78, 5) is 3.07. The second-order valence-electron chi connectivity index (χ2n) is 2.78. The van der Waals surface area contributed by atoms with Crippen LogP contribution in [0.4, 0.5) is 5.69 Å². The molecule has 2 aromatic carbocycles. The van der Waals surface area contributed by atoms with Gasteiger partial charge in [0, 0.05) is 17.5 Å². The Bertz CT molecular complexity index is 500. The summed E-state index contributed by atoms with van der Waals surface area (Å²) in [7, 11) is 0. The van der Waals surface area contributed by atoms with E-state index < -0.39 is 0 Å². The number of hydrogen-bond donors (Lipinski definition) is 1. The molecule has 0 radical (unpaired) electrons. The van der Waals surface area contributed by atoms with E-state index in [1.807, 2.05) is 6.07 Å². The molecule has 0 saturated heterocycles. The van der Waals surface area contributed by atoms with E-state index in [0.717, 1.165) is 10.8 Å². The predicted octanol–water partition coefficient (Wildman–Crippen LogP) is 3.03. The molecule has 0 aliphatic rings. The maximum Gasteiger partial charge on any atom is 0.385 e. The molecule has 0 aliphatic carbocycles. The van der Waals surface area contributed by atoms with Crippen molar-refractivity contribution in [2.75, 3.05) is 0 Å². The summed E-state index contributed by atoms with van der Waals surface area (Å²) in [5.74, 6) is 0.238. The number of rotatable bonds is 0. The highest BCUT2D eigenvalue weighted by Crippen LogP contribution is 2.27. The molecule has 0 unspecified atom stereocenters. The highest BCUT2D eigenvalue weighted by Gasteiger charge is 2.06. The van der Waals surface area contributed by atoms with E-state index >= 15 is 0 Å². The number of fused-ring (bicyclic) bond motifs is 1. The number of nitrogens with zero attached hydrogens (tertiary/aromatic N) is 2. The molecule has 2 aromatic rings. The molecule has 0 saturated carbocycles. The predicted molar refractivity (Wildman–Crippen MR) is 50.4 cm³/mol. The van der Waals surface area contributed by atoms with Crippen molar-refractivity contribution in [2.45, 2.75) is 0 Å². The second kappa shape index (κ2) is 2.76. The van der Waals surface area contributed by atoms with Crippen molar-refractivity contribution >= 4 is 16.5 Å². The summed E-state index contributed by atoms with van der Waals surface area (Å²) in [5.41, 5.74) is 0.484. The summed E-state index contributed by atoms with van der Waals surface area (Å²) in [6.07, 6.45) is 0. The maximum absolute atomic E-state index is 9.44. The first-order valence-corrected chi connectivity index (χ1v) is 3.88. The average Bonchev–Trinajstić information content (AvgIpc) is 2.18. The molecule has 13 heavy (non-hydrogen) atoms. The fourth-order valence-corrected chi connectivity index (χ4v) is 1.32. The normalized spacial score (nSPS) is 9.77. The summed E-state index contributed by atoms with van der Waals surface area (Å²) >= 11 is 0. The van der Waals surface area contributed by atoms with Crippen molar-refractivity contribution in [1.82, 2.24) is 0 Å². The van der Waals surface area contributed by atoms with Crippen molar-refractivity contribution in [3.05, 3.63) is 41.4 Å². The first-order chi connectivity index (χ1) is 6.31. The van der Waals surface area contributed by atoms with Crippen LogP contribution in [0.3, 0.4) is 0 Å². The van der Waals surface area contributed by atoms with Gasteiger partial charge in [-0.1, -0.05) is 12.1 Å². The Morgan fingerprint density at radius 1 is 1.15 bits per heavy atom. The molecule has 0 atom stereocenters. The largest absolute Gasteiger partial charge is 0.507 e. The van der Waals surface area contributed by atoms with Crippen LogP contribution in [-0.4, -0.2) is 5.11 Å². The first kappa shape index (κ1) is 7.56. The van der Waals surface area contributed by atoms with E-state index in [9.17, 15) is 5.11 Å². The second-order valence-corrected chi connectivity index (χ2v) is 2.78. The summed E-state index contributed by atoms with van der Waals surface area (Å²) in [5, 5.41) is 19.6. The lowest BCUT2D eigenvalue weighted by Crippen LogP contribution is -1.72. The van der Waals surface area contributed by atoms with Gasteiger partial charge < -0.3 is 5.11 Å². The Labute approximate surface area is 74.9 Å². The van der Waals surface area contributed by atoms with Crippen LogP contribution in [0.5, 0.6) is 5.75 Å². The minimum atomic E-state index is 0.238. The standard InChI is InChI=1S/C10H6N2O/c11-12-8-4-5-9-7(6-8)2-1-3-10(9)13/h1-6H/p+1. The quantitative estimate of drug-likeness (QED) is 0.619. The van der Waals surface area contributed by atoms with Crippen LogP contribution in [0.15, 0.2) is 36.4 Å². The van der Waals surface area contributed by atoms with E-state index in [1.54, 1.807) is 30.3 Å². The van der Waals surface area contributed by atoms with E-state index in [-0.39, 0.29) is 5.75 Å². The average molecular weight is 171 g/mol. The lowest BCUT2D eigenvalue weighted by atomic mass is 10.1. The van der Waals surface area contributed by atoms with Gasteiger partial charge in [0.2, 0.25) is 5.39 Å². The fraction of sp³-hybridized carbons (Fsp3) is 0. The van der Waals surface area contributed by atoms with Gasteiger partial charge in [-0.3, -0.25) is 0 Å². The van der Waals surface area contributed by atoms with Crippen molar-refractivity contribution in [2.24, 2.45) is 0 Å². The van der Waals surface area contributed by atoms with Crippen LogP contribution in [0, 0.1) is 5.39 Å². The fourth-order valence-electron chi connectivity index (χ4n) is 1.32. The number of benzene rings is 2. The third-order valence-corrected chi connectivity index (χ3v) is 1.96. The van der Waals surface area contributed by atoms with E-state index in [0.29, 0.717) is 5.69 Å². The zero-order chi connectivity index (χ0) is 9.26. The molecular formula is C10H7N2O+. The van der Waals surface area contributed by atoms with Gasteiger partial charge in [-0.05, 0) is 17.5 Å². The van der Waals surface area contributed by atoms with Gasteiger partial charge >= 0.3 is 5.69 Å². The molecule has 3 nitrogen and oxygen atoms in total. The molecule has 0 amide bonds. The van der Waals surface area contributed by atoms with E-state index in [2.05, 4.69) is 4.98 Å². The molecule has 3 heteroatoms. The molecule has 0 aliphatic heterocycles. The van der Waals surface area contributed by atoms with Crippen LogP contribution in [0.25, 0.3) is 15.7 Å². The lowest BCUT2D eigenvalue weighted by molar-refractivity contribution is 0.481. The van der Waals surface area contributed by atoms with Crippen molar-refractivity contribution in [3.8, 4) is 5.75 Å². The van der Waals surface area contributed by atoms with Crippen LogP contribution in [0.2, 0.25) is 0 Å². The van der Waals surface area contributed by atoms with Crippen LogP contribution < -0.4 is 0 Å². The zero-order valence-corrected chi connectivity index (χ0v) is 6.81. The van der Waals surface area contributed by atoms with Gasteiger partial charge in [0.1, 0.15) is 5.75 Å². The topological polar surface area (TPSA) is 48.4 Å². The Balaban J connectivity index is 2.82. The van der Waals surface area contributed by atoms with Gasteiger partial charge in [-0.2, -0.15) is 0 Å². The van der Waals surface area contributed by atoms with Crippen molar-refractivity contribution in [3.63, 3.8) is 0 Å². The molecule has 0 spiro atoms. The van der Waals surface area contributed by atoms with Gasteiger partial charge in [0.05, 0.1) is 0 Å².